The number of nitrogens with zero attached hydrogens (tertiary/aromatic N) is 3. The number of imidazole rings is 1. The molecule has 0 spiro atoms. The summed E-state index contributed by atoms with van der Waals surface area (Å²) < 4.78 is 1.62. The lowest BCUT2D eigenvalue weighted by molar-refractivity contribution is 0.931. The predicted octanol–water partition coefficient (Wildman–Crippen LogP) is 1.72. The maximum atomic E-state index is 6.03. The van der Waals surface area contributed by atoms with Crippen LogP contribution < -0.4 is 5.73 Å². The molecule has 0 aromatic carbocycles. The monoisotopic (exact) mass is 208 g/mol. The summed E-state index contributed by atoms with van der Waals surface area (Å²) in [5, 5.41) is 0.501. The summed E-state index contributed by atoms with van der Waals surface area (Å²) >= 11 is 6.03. The van der Waals surface area contributed by atoms with Gasteiger partial charge in [0.25, 0.3) is 0 Å². The first-order valence-corrected chi connectivity index (χ1v) is 4.47. The Bertz CT molecular complexity index is 449. The Morgan fingerprint density at radius 1 is 1.43 bits per heavy atom. The second-order valence-electron chi connectivity index (χ2n) is 2.88. The third-order valence-electron chi connectivity index (χ3n) is 1.97. The van der Waals surface area contributed by atoms with Crippen LogP contribution in [0.2, 0.25) is 5.15 Å². The van der Waals surface area contributed by atoms with Gasteiger partial charge in [0.15, 0.2) is 0 Å². The Labute approximate surface area is 86.4 Å². The molecule has 72 valence electrons. The van der Waals surface area contributed by atoms with Crippen molar-refractivity contribution in [1.29, 1.82) is 0 Å². The highest BCUT2D eigenvalue weighted by atomic mass is 35.5. The molecule has 0 aliphatic heterocycles. The van der Waals surface area contributed by atoms with E-state index in [0.29, 0.717) is 16.8 Å². The largest absolute Gasteiger partial charge is 0.369 e. The van der Waals surface area contributed by atoms with E-state index in [2.05, 4.69) is 9.97 Å². The minimum atomic E-state index is 0.385. The first-order chi connectivity index (χ1) is 6.70. The van der Waals surface area contributed by atoms with Crippen molar-refractivity contribution in [1.82, 2.24) is 14.5 Å². The number of rotatable bonds is 1. The van der Waals surface area contributed by atoms with E-state index in [9.17, 15) is 0 Å². The van der Waals surface area contributed by atoms with Crippen molar-refractivity contribution in [3.8, 4) is 11.4 Å². The fourth-order valence-electron chi connectivity index (χ4n) is 1.16. The van der Waals surface area contributed by atoms with E-state index < -0.39 is 0 Å². The van der Waals surface area contributed by atoms with Crippen LogP contribution in [-0.4, -0.2) is 14.5 Å². The van der Waals surface area contributed by atoms with Crippen LogP contribution in [0.5, 0.6) is 0 Å². The van der Waals surface area contributed by atoms with Crippen molar-refractivity contribution in [3.05, 3.63) is 29.5 Å². The molecule has 5 heteroatoms. The lowest BCUT2D eigenvalue weighted by atomic mass is 10.3. The molecule has 0 aliphatic rings. The molecule has 0 radical (unpaired) electrons. The van der Waals surface area contributed by atoms with Gasteiger partial charge < -0.3 is 10.3 Å². The zero-order valence-electron chi connectivity index (χ0n) is 7.61. The number of anilines is 1. The van der Waals surface area contributed by atoms with E-state index in [-0.39, 0.29) is 0 Å². The van der Waals surface area contributed by atoms with Gasteiger partial charge in [-0.3, -0.25) is 4.98 Å². The molecule has 0 saturated heterocycles. The van der Waals surface area contributed by atoms with E-state index in [1.165, 1.54) is 0 Å². The SMILES string of the molecule is Cn1c(N)nc(-c2ccccn2)c1Cl. The van der Waals surface area contributed by atoms with E-state index >= 15 is 0 Å². The second kappa shape index (κ2) is 3.31. The maximum Gasteiger partial charge on any atom is 0.201 e. The molecule has 0 amide bonds. The maximum absolute atomic E-state index is 6.03. The number of hydrogen-bond acceptors (Lipinski definition) is 3. The topological polar surface area (TPSA) is 56.7 Å². The molecule has 2 heterocycles. The van der Waals surface area contributed by atoms with Gasteiger partial charge >= 0.3 is 0 Å². The minimum Gasteiger partial charge on any atom is -0.369 e. The summed E-state index contributed by atoms with van der Waals surface area (Å²) in [6.45, 7) is 0. The molecule has 2 aromatic heterocycles. The van der Waals surface area contributed by atoms with Gasteiger partial charge in [0, 0.05) is 13.2 Å². The van der Waals surface area contributed by atoms with Crippen LogP contribution in [-0.2, 0) is 7.05 Å². The van der Waals surface area contributed by atoms with Crippen LogP contribution in [0.15, 0.2) is 24.4 Å². The molecule has 2 N–H and O–H groups in total. The fraction of sp³-hybridized carbons (Fsp3) is 0.111. The molecule has 0 saturated carbocycles. The number of nitrogen functional groups attached to an aromatic ring is 1. The number of pyridine rings is 1. The molecule has 0 bridgehead atoms. The summed E-state index contributed by atoms with van der Waals surface area (Å²) in [5.74, 6) is 0.385. The number of hydrogen-bond donors (Lipinski definition) is 1. The molecular formula is C9H9ClN4. The summed E-state index contributed by atoms with van der Waals surface area (Å²) in [5.41, 5.74) is 6.96. The quantitative estimate of drug-likeness (QED) is 0.777. The zero-order valence-corrected chi connectivity index (χ0v) is 8.36. The van der Waals surface area contributed by atoms with Crippen LogP contribution >= 0.6 is 11.6 Å². The van der Waals surface area contributed by atoms with Gasteiger partial charge in [-0.15, -0.1) is 0 Å². The van der Waals surface area contributed by atoms with Crippen molar-refractivity contribution in [3.63, 3.8) is 0 Å². The highest BCUT2D eigenvalue weighted by Gasteiger charge is 2.12. The molecule has 0 unspecified atom stereocenters. The minimum absolute atomic E-state index is 0.385. The first kappa shape index (κ1) is 9.02. The Morgan fingerprint density at radius 2 is 2.21 bits per heavy atom. The normalized spacial score (nSPS) is 10.4. The van der Waals surface area contributed by atoms with Gasteiger partial charge in [-0.1, -0.05) is 17.7 Å². The van der Waals surface area contributed by atoms with E-state index in [4.69, 9.17) is 17.3 Å². The van der Waals surface area contributed by atoms with Gasteiger partial charge in [-0.2, -0.15) is 0 Å². The molecule has 0 aliphatic carbocycles. The average Bonchev–Trinajstić information content (AvgIpc) is 2.47. The Morgan fingerprint density at radius 3 is 2.71 bits per heavy atom. The third-order valence-corrected chi connectivity index (χ3v) is 2.40. The van der Waals surface area contributed by atoms with Gasteiger partial charge in [-0.25, -0.2) is 4.98 Å². The van der Waals surface area contributed by atoms with Gasteiger partial charge in [-0.05, 0) is 12.1 Å². The molecule has 0 atom stereocenters. The van der Waals surface area contributed by atoms with Crippen molar-refractivity contribution in [2.45, 2.75) is 0 Å². The van der Waals surface area contributed by atoms with Gasteiger partial charge in [0.05, 0.1) is 5.69 Å². The van der Waals surface area contributed by atoms with Crippen LogP contribution in [0, 0.1) is 0 Å². The lowest BCUT2D eigenvalue weighted by Gasteiger charge is -1.96. The van der Waals surface area contributed by atoms with E-state index in [1.54, 1.807) is 17.8 Å². The highest BCUT2D eigenvalue weighted by Crippen LogP contribution is 2.26. The van der Waals surface area contributed by atoms with Crippen molar-refractivity contribution in [2.75, 3.05) is 5.73 Å². The molecule has 4 nitrogen and oxygen atoms in total. The van der Waals surface area contributed by atoms with E-state index in [0.717, 1.165) is 5.69 Å². The molecule has 14 heavy (non-hydrogen) atoms. The molecule has 0 fully saturated rings. The fourth-order valence-corrected chi connectivity index (χ4v) is 1.39. The smallest absolute Gasteiger partial charge is 0.201 e. The Balaban J connectivity index is 2.58. The van der Waals surface area contributed by atoms with Gasteiger partial charge in [0.1, 0.15) is 10.8 Å². The molecule has 2 rings (SSSR count). The molecular weight excluding hydrogens is 200 g/mol. The predicted molar refractivity (Wildman–Crippen MR) is 55.9 cm³/mol. The second-order valence-corrected chi connectivity index (χ2v) is 3.24. The summed E-state index contributed by atoms with van der Waals surface area (Å²) in [4.78, 5) is 8.27. The van der Waals surface area contributed by atoms with Crippen molar-refractivity contribution >= 4 is 17.5 Å². The van der Waals surface area contributed by atoms with Crippen LogP contribution in [0.3, 0.4) is 0 Å². The van der Waals surface area contributed by atoms with Crippen LogP contribution in [0.4, 0.5) is 5.95 Å². The number of nitrogens with two attached hydrogens (primary N) is 1. The summed E-state index contributed by atoms with van der Waals surface area (Å²) in [6, 6.07) is 5.56. The average molecular weight is 209 g/mol. The van der Waals surface area contributed by atoms with E-state index in [1.807, 2.05) is 18.2 Å². The zero-order chi connectivity index (χ0) is 10.1. The highest BCUT2D eigenvalue weighted by molar-refractivity contribution is 6.32. The van der Waals surface area contributed by atoms with Gasteiger partial charge in [0.2, 0.25) is 5.95 Å². The Hall–Kier alpha value is -1.55. The van der Waals surface area contributed by atoms with Crippen LogP contribution in [0.25, 0.3) is 11.4 Å². The summed E-state index contributed by atoms with van der Waals surface area (Å²) in [7, 11) is 1.76. The van der Waals surface area contributed by atoms with Crippen LogP contribution in [0.1, 0.15) is 0 Å². The Kier molecular flexibility index (Phi) is 2.13. The standard InChI is InChI=1S/C9H9ClN4/c1-14-8(10)7(13-9(14)11)6-4-2-3-5-12-6/h2-5H,1H3,(H2,11,13). The van der Waals surface area contributed by atoms with Crippen molar-refractivity contribution in [2.24, 2.45) is 7.05 Å². The first-order valence-electron chi connectivity index (χ1n) is 4.09. The molecule has 2 aromatic rings. The lowest BCUT2D eigenvalue weighted by Crippen LogP contribution is -1.96. The number of halogens is 1. The number of aromatic nitrogens is 3. The third kappa shape index (κ3) is 1.33. The van der Waals surface area contributed by atoms with Crippen molar-refractivity contribution < 1.29 is 0 Å². The summed E-state index contributed by atoms with van der Waals surface area (Å²) in [6.07, 6.45) is 1.69.